The van der Waals surface area contributed by atoms with Crippen molar-refractivity contribution in [2.24, 2.45) is 0 Å². The molecule has 0 saturated carbocycles. The molecule has 1 unspecified atom stereocenters. The first-order chi connectivity index (χ1) is 8.27. The molecule has 0 aliphatic carbocycles. The summed E-state index contributed by atoms with van der Waals surface area (Å²) in [5, 5.41) is 3.83. The topological polar surface area (TPSA) is 39.7 Å². The summed E-state index contributed by atoms with van der Waals surface area (Å²) in [5.74, 6) is 1.36. The van der Waals surface area contributed by atoms with Gasteiger partial charge >= 0.3 is 0 Å². The first-order valence-electron chi connectivity index (χ1n) is 5.50. The Kier molecular flexibility index (Phi) is 4.10. The molecule has 4 nitrogen and oxygen atoms in total. The van der Waals surface area contributed by atoms with Crippen LogP contribution in [0.15, 0.2) is 12.1 Å². The monoisotopic (exact) mass is 257 g/mol. The van der Waals surface area contributed by atoms with Gasteiger partial charge in [0.1, 0.15) is 17.6 Å². The summed E-state index contributed by atoms with van der Waals surface area (Å²) in [5.41, 5.74) is 0.848. The Morgan fingerprint density at radius 2 is 2.00 bits per heavy atom. The van der Waals surface area contributed by atoms with Gasteiger partial charge in [0.25, 0.3) is 0 Å². The molecular weight excluding hydrogens is 242 g/mol. The van der Waals surface area contributed by atoms with Gasteiger partial charge < -0.3 is 19.5 Å². The minimum atomic E-state index is -0.0960. The maximum absolute atomic E-state index is 6.31. The van der Waals surface area contributed by atoms with Crippen molar-refractivity contribution in [2.45, 2.75) is 6.10 Å². The van der Waals surface area contributed by atoms with Crippen molar-refractivity contribution in [3.8, 4) is 11.5 Å². The first kappa shape index (κ1) is 12.5. The van der Waals surface area contributed by atoms with Gasteiger partial charge in [-0.15, -0.1) is 0 Å². The smallest absolute Gasteiger partial charge is 0.138 e. The number of hydrogen-bond acceptors (Lipinski definition) is 4. The molecule has 2 rings (SSSR count). The van der Waals surface area contributed by atoms with Crippen LogP contribution in [0.3, 0.4) is 0 Å². The van der Waals surface area contributed by atoms with Gasteiger partial charge in [0.15, 0.2) is 0 Å². The van der Waals surface area contributed by atoms with Gasteiger partial charge in [-0.05, 0) is 12.1 Å². The number of nitrogens with one attached hydrogen (secondary N) is 1. The third kappa shape index (κ3) is 2.49. The zero-order valence-corrected chi connectivity index (χ0v) is 10.7. The SMILES string of the molecule is COc1ccc(OC)c(C2CNCCO2)c1Cl. The molecule has 1 aromatic carbocycles. The molecule has 0 bridgehead atoms. The van der Waals surface area contributed by atoms with Gasteiger partial charge in [-0.25, -0.2) is 0 Å². The van der Waals surface area contributed by atoms with Crippen LogP contribution in [0.25, 0.3) is 0 Å². The molecular formula is C12H16ClNO3. The van der Waals surface area contributed by atoms with Gasteiger partial charge in [0.2, 0.25) is 0 Å². The Bertz CT molecular complexity index is 392. The largest absolute Gasteiger partial charge is 0.496 e. The number of ether oxygens (including phenoxy) is 3. The molecule has 17 heavy (non-hydrogen) atoms. The fourth-order valence-corrected chi connectivity index (χ4v) is 2.30. The quantitative estimate of drug-likeness (QED) is 0.899. The average Bonchev–Trinajstić information content (AvgIpc) is 2.39. The molecule has 1 N–H and O–H groups in total. The summed E-state index contributed by atoms with van der Waals surface area (Å²) in [6.07, 6.45) is -0.0960. The number of methoxy groups -OCH3 is 2. The lowest BCUT2D eigenvalue weighted by Crippen LogP contribution is -2.33. The van der Waals surface area contributed by atoms with Crippen LogP contribution in [0.1, 0.15) is 11.7 Å². The summed E-state index contributed by atoms with van der Waals surface area (Å²) < 4.78 is 16.2. The van der Waals surface area contributed by atoms with Crippen molar-refractivity contribution in [3.63, 3.8) is 0 Å². The first-order valence-corrected chi connectivity index (χ1v) is 5.88. The highest BCUT2D eigenvalue weighted by molar-refractivity contribution is 6.33. The fourth-order valence-electron chi connectivity index (χ4n) is 1.94. The molecule has 0 spiro atoms. The molecule has 5 heteroatoms. The van der Waals surface area contributed by atoms with E-state index in [2.05, 4.69) is 5.32 Å². The van der Waals surface area contributed by atoms with Crippen LogP contribution >= 0.6 is 11.6 Å². The molecule has 1 aliphatic heterocycles. The molecule has 1 atom stereocenters. The van der Waals surface area contributed by atoms with Crippen molar-refractivity contribution >= 4 is 11.6 Å². The molecule has 0 aromatic heterocycles. The lowest BCUT2D eigenvalue weighted by Gasteiger charge is -2.26. The summed E-state index contributed by atoms with van der Waals surface area (Å²) in [7, 11) is 3.22. The number of halogens is 1. The van der Waals surface area contributed by atoms with Gasteiger partial charge in [-0.1, -0.05) is 11.6 Å². The van der Waals surface area contributed by atoms with E-state index in [1.165, 1.54) is 0 Å². The zero-order valence-electron chi connectivity index (χ0n) is 9.96. The zero-order chi connectivity index (χ0) is 12.3. The maximum Gasteiger partial charge on any atom is 0.138 e. The van der Waals surface area contributed by atoms with Gasteiger partial charge in [-0.3, -0.25) is 0 Å². The molecule has 94 valence electrons. The Hall–Kier alpha value is -0.970. The van der Waals surface area contributed by atoms with Crippen LogP contribution in [-0.2, 0) is 4.74 Å². The molecule has 0 amide bonds. The van der Waals surface area contributed by atoms with E-state index in [9.17, 15) is 0 Å². The molecule has 1 heterocycles. The fraction of sp³-hybridized carbons (Fsp3) is 0.500. The normalized spacial score (nSPS) is 20.1. The van der Waals surface area contributed by atoms with Crippen LogP contribution in [0, 0.1) is 0 Å². The third-order valence-corrected chi connectivity index (χ3v) is 3.18. The Morgan fingerprint density at radius 1 is 1.29 bits per heavy atom. The minimum Gasteiger partial charge on any atom is -0.496 e. The van der Waals surface area contributed by atoms with E-state index < -0.39 is 0 Å². The molecule has 1 saturated heterocycles. The minimum absolute atomic E-state index is 0.0960. The second-order valence-electron chi connectivity index (χ2n) is 3.76. The number of benzene rings is 1. The van der Waals surface area contributed by atoms with Gasteiger partial charge in [0, 0.05) is 18.7 Å². The second kappa shape index (κ2) is 5.58. The summed E-state index contributed by atoms with van der Waals surface area (Å²) in [6.45, 7) is 2.25. The van der Waals surface area contributed by atoms with E-state index >= 15 is 0 Å². The lowest BCUT2D eigenvalue weighted by molar-refractivity contribution is 0.0262. The average molecular weight is 258 g/mol. The van der Waals surface area contributed by atoms with Crippen LogP contribution in [0.2, 0.25) is 5.02 Å². The van der Waals surface area contributed by atoms with E-state index in [4.69, 9.17) is 25.8 Å². The number of hydrogen-bond donors (Lipinski definition) is 1. The standard InChI is InChI=1S/C12H16ClNO3/c1-15-8-3-4-9(16-2)12(13)11(8)10-7-14-5-6-17-10/h3-4,10,14H,5-7H2,1-2H3. The maximum atomic E-state index is 6.31. The van der Waals surface area contributed by atoms with Crippen molar-refractivity contribution in [3.05, 3.63) is 22.7 Å². The van der Waals surface area contributed by atoms with Crippen molar-refractivity contribution in [1.82, 2.24) is 5.32 Å². The molecule has 1 aromatic rings. The van der Waals surface area contributed by atoms with Crippen molar-refractivity contribution in [2.75, 3.05) is 33.9 Å². The molecule has 0 radical (unpaired) electrons. The van der Waals surface area contributed by atoms with Crippen molar-refractivity contribution < 1.29 is 14.2 Å². The van der Waals surface area contributed by atoms with Crippen molar-refractivity contribution in [1.29, 1.82) is 0 Å². The summed E-state index contributed by atoms with van der Waals surface area (Å²) >= 11 is 6.31. The van der Waals surface area contributed by atoms with E-state index in [1.54, 1.807) is 20.3 Å². The highest BCUT2D eigenvalue weighted by Crippen LogP contribution is 2.40. The Labute approximate surface area is 106 Å². The van der Waals surface area contributed by atoms with Crippen LogP contribution in [0.5, 0.6) is 11.5 Å². The predicted octanol–water partition coefficient (Wildman–Crippen LogP) is 2.02. The predicted molar refractivity (Wildman–Crippen MR) is 66.1 cm³/mol. The number of morpholine rings is 1. The Balaban J connectivity index is 2.40. The number of rotatable bonds is 3. The molecule has 1 aliphatic rings. The summed E-state index contributed by atoms with van der Waals surface area (Å²) in [4.78, 5) is 0. The third-order valence-electron chi connectivity index (χ3n) is 2.79. The van der Waals surface area contributed by atoms with E-state index in [1.807, 2.05) is 6.07 Å². The highest BCUT2D eigenvalue weighted by atomic mass is 35.5. The second-order valence-corrected chi connectivity index (χ2v) is 4.14. The van der Waals surface area contributed by atoms with Crippen LogP contribution in [0.4, 0.5) is 0 Å². The van der Waals surface area contributed by atoms with E-state index in [0.717, 1.165) is 24.4 Å². The van der Waals surface area contributed by atoms with Gasteiger partial charge in [0.05, 0.1) is 25.8 Å². The Morgan fingerprint density at radius 3 is 2.59 bits per heavy atom. The molecule has 1 fully saturated rings. The van der Waals surface area contributed by atoms with Gasteiger partial charge in [-0.2, -0.15) is 0 Å². The van der Waals surface area contributed by atoms with E-state index in [-0.39, 0.29) is 6.10 Å². The highest BCUT2D eigenvalue weighted by Gasteiger charge is 2.24. The summed E-state index contributed by atoms with van der Waals surface area (Å²) in [6, 6.07) is 3.64. The van der Waals surface area contributed by atoms with Crippen LogP contribution in [-0.4, -0.2) is 33.9 Å². The van der Waals surface area contributed by atoms with Crippen LogP contribution < -0.4 is 14.8 Å². The van der Waals surface area contributed by atoms with E-state index in [0.29, 0.717) is 17.4 Å². The lowest BCUT2D eigenvalue weighted by atomic mass is 10.1.